The Hall–Kier alpha value is -0.570. The van der Waals surface area contributed by atoms with E-state index >= 15 is 0 Å². The third-order valence-electron chi connectivity index (χ3n) is 1.48. The first-order valence-electron chi connectivity index (χ1n) is 5.01. The summed E-state index contributed by atoms with van der Waals surface area (Å²) in [5.41, 5.74) is 0. The molecule has 0 aromatic rings. The number of aliphatic hydroxyl groups excluding tert-OH is 1. The molecule has 0 bridgehead atoms. The van der Waals surface area contributed by atoms with Crippen LogP contribution in [-0.2, 0) is 4.79 Å². The summed E-state index contributed by atoms with van der Waals surface area (Å²) in [4.78, 5) is 9.60. The summed E-state index contributed by atoms with van der Waals surface area (Å²) >= 11 is 0. The number of carbonyl (C=O) groups is 1. The van der Waals surface area contributed by atoms with Crippen LogP contribution in [0, 0.1) is 0 Å². The molecule has 0 aliphatic carbocycles. The molecule has 0 spiro atoms. The van der Waals surface area contributed by atoms with Crippen LogP contribution in [0.4, 0.5) is 0 Å². The first kappa shape index (κ1) is 14.9. The van der Waals surface area contributed by atoms with E-state index < -0.39 is 5.97 Å². The average Bonchev–Trinajstić information content (AvgIpc) is 2.06. The number of hydrogen-bond acceptors (Lipinski definition) is 2. The van der Waals surface area contributed by atoms with Crippen molar-refractivity contribution in [3.05, 3.63) is 0 Å². The Bertz CT molecular complexity index is 98.3. The van der Waals surface area contributed by atoms with Crippen molar-refractivity contribution < 1.29 is 15.0 Å². The van der Waals surface area contributed by atoms with E-state index in [0.29, 0.717) is 13.0 Å². The number of rotatable bonds is 6. The molecule has 3 nitrogen and oxygen atoms in total. The molecule has 0 aliphatic rings. The number of carboxylic acid groups (broad SMARTS) is 1. The quantitative estimate of drug-likeness (QED) is 0.632. The Labute approximate surface area is 80.8 Å². The van der Waals surface area contributed by atoms with E-state index in [-0.39, 0.29) is 0 Å². The fourth-order valence-electron chi connectivity index (χ4n) is 0.752. The highest BCUT2D eigenvalue weighted by Crippen LogP contribution is 1.96. The Kier molecular flexibility index (Phi) is 16.1. The van der Waals surface area contributed by atoms with Gasteiger partial charge in [0.1, 0.15) is 0 Å². The van der Waals surface area contributed by atoms with Crippen LogP contribution in [-0.4, -0.2) is 22.8 Å². The Morgan fingerprint density at radius 2 is 1.69 bits per heavy atom. The zero-order chi connectivity index (χ0) is 10.5. The SMILES string of the molecule is CCCC(=O)O.CCCCCCO. The monoisotopic (exact) mass is 190 g/mol. The summed E-state index contributed by atoms with van der Waals surface area (Å²) in [6, 6.07) is 0. The van der Waals surface area contributed by atoms with E-state index in [9.17, 15) is 4.79 Å². The summed E-state index contributed by atoms with van der Waals surface area (Å²) in [5.74, 6) is -0.711. The molecule has 0 aromatic carbocycles. The topological polar surface area (TPSA) is 57.5 Å². The molecule has 0 saturated heterocycles. The molecule has 13 heavy (non-hydrogen) atoms. The number of aliphatic hydroxyl groups is 1. The average molecular weight is 190 g/mol. The number of aliphatic carboxylic acids is 1. The molecular formula is C10H22O3. The molecule has 0 heterocycles. The molecule has 80 valence electrons. The number of hydrogen-bond donors (Lipinski definition) is 2. The highest BCUT2D eigenvalue weighted by Gasteiger charge is 1.87. The van der Waals surface area contributed by atoms with Crippen LogP contribution in [0.3, 0.4) is 0 Å². The van der Waals surface area contributed by atoms with E-state index in [0.717, 1.165) is 12.8 Å². The molecule has 0 saturated carbocycles. The molecule has 0 radical (unpaired) electrons. The normalized spacial score (nSPS) is 8.85. The van der Waals surface area contributed by atoms with Crippen molar-refractivity contribution in [3.8, 4) is 0 Å². The fourth-order valence-corrected chi connectivity index (χ4v) is 0.752. The van der Waals surface area contributed by atoms with Crippen LogP contribution >= 0.6 is 0 Å². The Morgan fingerprint density at radius 1 is 1.08 bits per heavy atom. The first-order chi connectivity index (χ1) is 6.18. The van der Waals surface area contributed by atoms with Crippen molar-refractivity contribution in [1.29, 1.82) is 0 Å². The van der Waals surface area contributed by atoms with Crippen LogP contribution < -0.4 is 0 Å². The van der Waals surface area contributed by atoms with Gasteiger partial charge >= 0.3 is 5.97 Å². The molecule has 0 unspecified atom stereocenters. The zero-order valence-corrected chi connectivity index (χ0v) is 8.75. The molecule has 0 amide bonds. The van der Waals surface area contributed by atoms with E-state index in [1.165, 1.54) is 19.3 Å². The van der Waals surface area contributed by atoms with Gasteiger partial charge in [-0.3, -0.25) is 4.79 Å². The van der Waals surface area contributed by atoms with Crippen LogP contribution in [0.5, 0.6) is 0 Å². The van der Waals surface area contributed by atoms with Crippen molar-refractivity contribution in [3.63, 3.8) is 0 Å². The second kappa shape index (κ2) is 14.0. The summed E-state index contributed by atoms with van der Waals surface area (Å²) in [6.45, 7) is 4.37. The largest absolute Gasteiger partial charge is 0.481 e. The maximum atomic E-state index is 9.60. The first-order valence-corrected chi connectivity index (χ1v) is 5.01. The van der Waals surface area contributed by atoms with Crippen LogP contribution in [0.25, 0.3) is 0 Å². The molecular weight excluding hydrogens is 168 g/mol. The maximum Gasteiger partial charge on any atom is 0.303 e. The van der Waals surface area contributed by atoms with Gasteiger partial charge in [0.2, 0.25) is 0 Å². The van der Waals surface area contributed by atoms with Gasteiger partial charge in [0.15, 0.2) is 0 Å². The molecule has 0 rings (SSSR count). The smallest absolute Gasteiger partial charge is 0.303 e. The molecule has 0 aromatic heterocycles. The lowest BCUT2D eigenvalue weighted by atomic mass is 10.2. The van der Waals surface area contributed by atoms with Gasteiger partial charge in [-0.05, 0) is 12.8 Å². The Morgan fingerprint density at radius 3 is 1.92 bits per heavy atom. The summed E-state index contributed by atoms with van der Waals surface area (Å²) < 4.78 is 0. The number of unbranched alkanes of at least 4 members (excludes halogenated alkanes) is 3. The van der Waals surface area contributed by atoms with Gasteiger partial charge in [0.25, 0.3) is 0 Å². The molecule has 3 heteroatoms. The minimum absolute atomic E-state index is 0.292. The van der Waals surface area contributed by atoms with Gasteiger partial charge in [-0.25, -0.2) is 0 Å². The van der Waals surface area contributed by atoms with Crippen molar-refractivity contribution >= 4 is 5.97 Å². The van der Waals surface area contributed by atoms with Crippen LogP contribution in [0.1, 0.15) is 52.4 Å². The lowest BCUT2D eigenvalue weighted by Crippen LogP contribution is -1.90. The van der Waals surface area contributed by atoms with Crippen molar-refractivity contribution in [2.24, 2.45) is 0 Å². The van der Waals surface area contributed by atoms with Gasteiger partial charge in [-0.2, -0.15) is 0 Å². The molecule has 0 fully saturated rings. The minimum atomic E-state index is -0.711. The molecule has 0 aliphatic heterocycles. The number of carboxylic acids is 1. The highest BCUT2D eigenvalue weighted by molar-refractivity contribution is 5.66. The summed E-state index contributed by atoms with van der Waals surface area (Å²) in [7, 11) is 0. The van der Waals surface area contributed by atoms with Crippen molar-refractivity contribution in [1.82, 2.24) is 0 Å². The van der Waals surface area contributed by atoms with Gasteiger partial charge in [0, 0.05) is 13.0 Å². The lowest BCUT2D eigenvalue weighted by molar-refractivity contribution is -0.137. The highest BCUT2D eigenvalue weighted by atomic mass is 16.4. The predicted octanol–water partition coefficient (Wildman–Crippen LogP) is 2.43. The second-order valence-electron chi connectivity index (χ2n) is 2.93. The fraction of sp³-hybridized carbons (Fsp3) is 0.900. The molecule has 2 N–H and O–H groups in total. The third kappa shape index (κ3) is 24.6. The van der Waals surface area contributed by atoms with Gasteiger partial charge < -0.3 is 10.2 Å². The summed E-state index contributed by atoms with van der Waals surface area (Å²) in [5, 5.41) is 16.2. The van der Waals surface area contributed by atoms with Crippen molar-refractivity contribution in [2.75, 3.05) is 6.61 Å². The third-order valence-corrected chi connectivity index (χ3v) is 1.48. The van der Waals surface area contributed by atoms with Crippen molar-refractivity contribution in [2.45, 2.75) is 52.4 Å². The summed E-state index contributed by atoms with van der Waals surface area (Å²) in [6.07, 6.45) is 5.71. The van der Waals surface area contributed by atoms with E-state index in [2.05, 4.69) is 6.92 Å². The van der Waals surface area contributed by atoms with Crippen LogP contribution in [0.15, 0.2) is 0 Å². The van der Waals surface area contributed by atoms with Gasteiger partial charge in [-0.15, -0.1) is 0 Å². The lowest BCUT2D eigenvalue weighted by Gasteiger charge is -1.90. The minimum Gasteiger partial charge on any atom is -0.481 e. The molecule has 0 atom stereocenters. The van der Waals surface area contributed by atoms with E-state index in [4.69, 9.17) is 10.2 Å². The van der Waals surface area contributed by atoms with E-state index in [1.54, 1.807) is 0 Å². The zero-order valence-electron chi connectivity index (χ0n) is 8.75. The Balaban J connectivity index is 0. The van der Waals surface area contributed by atoms with E-state index in [1.807, 2.05) is 6.92 Å². The maximum absolute atomic E-state index is 9.60. The van der Waals surface area contributed by atoms with Crippen LogP contribution in [0.2, 0.25) is 0 Å². The second-order valence-corrected chi connectivity index (χ2v) is 2.93. The predicted molar refractivity (Wildman–Crippen MR) is 53.8 cm³/mol. The van der Waals surface area contributed by atoms with Gasteiger partial charge in [-0.1, -0.05) is 33.1 Å². The van der Waals surface area contributed by atoms with Gasteiger partial charge in [0.05, 0.1) is 0 Å². The standard InChI is InChI=1S/C6H14O.C4H8O2/c1-2-3-4-5-6-7;1-2-3-4(5)6/h7H,2-6H2,1H3;2-3H2,1H3,(H,5,6).